The first-order chi connectivity index (χ1) is 12.1. The maximum atomic E-state index is 13.0. The second-order valence-corrected chi connectivity index (χ2v) is 6.05. The first kappa shape index (κ1) is 15.7. The molecule has 1 unspecified atom stereocenters. The number of hydrogen-bond acceptors (Lipinski definition) is 3. The van der Waals surface area contributed by atoms with Crippen LogP contribution in [-0.4, -0.2) is 29.8 Å². The van der Waals surface area contributed by atoms with E-state index in [1.54, 1.807) is 30.3 Å². The van der Waals surface area contributed by atoms with E-state index in [9.17, 15) is 9.59 Å². The number of fused-ring (bicyclic) bond motifs is 3. The van der Waals surface area contributed by atoms with Crippen LogP contribution in [0.15, 0.2) is 48.5 Å². The Bertz CT molecular complexity index is 895. The van der Waals surface area contributed by atoms with Crippen molar-refractivity contribution in [3.8, 4) is 5.75 Å². The molecule has 2 aliphatic rings. The van der Waals surface area contributed by atoms with Crippen molar-refractivity contribution >= 4 is 45.8 Å². The summed E-state index contributed by atoms with van der Waals surface area (Å²) in [6.07, 6.45) is 0. The van der Waals surface area contributed by atoms with E-state index in [4.69, 9.17) is 16.3 Å². The highest BCUT2D eigenvalue weighted by Crippen LogP contribution is 2.35. The lowest BCUT2D eigenvalue weighted by atomic mass is 10.1. The SMILES string of the molecule is CCOc1ccc(N2C(=O)C3C(Cl)=[NH+]c4ccccc4N3C2=O)cc1. The summed E-state index contributed by atoms with van der Waals surface area (Å²) < 4.78 is 5.40. The molecule has 1 saturated heterocycles. The van der Waals surface area contributed by atoms with Crippen LogP contribution < -0.4 is 19.5 Å². The van der Waals surface area contributed by atoms with Gasteiger partial charge >= 0.3 is 6.03 Å². The molecule has 2 aliphatic heterocycles. The smallest absolute Gasteiger partial charge is 0.337 e. The number of imide groups is 1. The fraction of sp³-hybridized carbons (Fsp3) is 0.167. The number of benzene rings is 2. The van der Waals surface area contributed by atoms with E-state index < -0.39 is 12.1 Å². The van der Waals surface area contributed by atoms with Crippen LogP contribution in [0.25, 0.3) is 0 Å². The highest BCUT2D eigenvalue weighted by molar-refractivity contribution is 6.69. The van der Waals surface area contributed by atoms with Crippen molar-refractivity contribution in [2.45, 2.75) is 13.0 Å². The molecule has 0 radical (unpaired) electrons. The van der Waals surface area contributed by atoms with Crippen LogP contribution in [-0.2, 0) is 4.79 Å². The van der Waals surface area contributed by atoms with Gasteiger partial charge in [0.2, 0.25) is 11.7 Å². The van der Waals surface area contributed by atoms with Crippen molar-refractivity contribution in [2.24, 2.45) is 0 Å². The average Bonchev–Trinajstić information content (AvgIpc) is 2.88. The summed E-state index contributed by atoms with van der Waals surface area (Å²) in [5.74, 6) is 0.292. The minimum atomic E-state index is -0.865. The molecule has 6 nitrogen and oxygen atoms in total. The maximum absolute atomic E-state index is 13.0. The number of nitrogens with one attached hydrogen (secondary N) is 1. The number of carbonyl (C=O) groups excluding carboxylic acids is 2. The highest BCUT2D eigenvalue weighted by Gasteiger charge is 2.54. The van der Waals surface area contributed by atoms with Crippen LogP contribution in [0.1, 0.15) is 6.92 Å². The van der Waals surface area contributed by atoms with Gasteiger partial charge in [-0.25, -0.2) is 9.69 Å². The second kappa shape index (κ2) is 5.89. The first-order valence-corrected chi connectivity index (χ1v) is 8.28. The van der Waals surface area contributed by atoms with Crippen molar-refractivity contribution < 1.29 is 19.3 Å². The van der Waals surface area contributed by atoms with Crippen LogP contribution in [0.4, 0.5) is 21.9 Å². The second-order valence-electron chi connectivity index (χ2n) is 5.65. The highest BCUT2D eigenvalue weighted by atomic mass is 35.5. The molecule has 1 N–H and O–H groups in total. The Morgan fingerprint density at radius 3 is 2.56 bits per heavy atom. The molecule has 0 aliphatic carbocycles. The molecule has 4 rings (SSSR count). The number of anilines is 2. The van der Waals surface area contributed by atoms with Gasteiger partial charge in [-0.05, 0) is 48.9 Å². The van der Waals surface area contributed by atoms with Crippen molar-refractivity contribution in [1.29, 1.82) is 0 Å². The molecule has 3 amide bonds. The summed E-state index contributed by atoms with van der Waals surface area (Å²) in [7, 11) is 0. The maximum Gasteiger partial charge on any atom is 0.337 e. The molecule has 25 heavy (non-hydrogen) atoms. The third-order valence-electron chi connectivity index (χ3n) is 4.17. The normalized spacial score (nSPS) is 18.8. The third-order valence-corrected chi connectivity index (χ3v) is 4.47. The Morgan fingerprint density at radius 1 is 1.12 bits per heavy atom. The Labute approximate surface area is 149 Å². The van der Waals surface area contributed by atoms with Gasteiger partial charge in [0.05, 0.1) is 12.3 Å². The van der Waals surface area contributed by atoms with Gasteiger partial charge in [-0.15, -0.1) is 0 Å². The Hall–Kier alpha value is -2.86. The third kappa shape index (κ3) is 2.37. The number of para-hydroxylation sites is 2. The standard InChI is InChI=1S/C18H14ClN3O3/c1-2-25-12-9-7-11(8-10-12)21-17(23)15-16(19)20-13-5-3-4-6-14(13)22(15)18(21)24/h3-10,15H,2H2,1H3/p+1. The van der Waals surface area contributed by atoms with E-state index in [1.807, 2.05) is 25.1 Å². The predicted octanol–water partition coefficient (Wildman–Crippen LogP) is 1.79. The number of carbonyl (C=O) groups is 2. The summed E-state index contributed by atoms with van der Waals surface area (Å²) in [6.45, 7) is 2.44. The molecule has 126 valence electrons. The lowest BCUT2D eigenvalue weighted by Gasteiger charge is -2.22. The van der Waals surface area contributed by atoms with Crippen LogP contribution in [0, 0.1) is 0 Å². The van der Waals surface area contributed by atoms with Crippen LogP contribution in [0.2, 0.25) is 0 Å². The van der Waals surface area contributed by atoms with Gasteiger partial charge in [0, 0.05) is 6.07 Å². The first-order valence-electron chi connectivity index (χ1n) is 7.90. The molecule has 0 bridgehead atoms. The molecule has 2 heterocycles. The minimum Gasteiger partial charge on any atom is -0.494 e. The molecular weight excluding hydrogens is 342 g/mol. The van der Waals surface area contributed by atoms with Gasteiger partial charge in [0.25, 0.3) is 11.1 Å². The lowest BCUT2D eigenvalue weighted by molar-refractivity contribution is -0.353. The Balaban J connectivity index is 1.75. The van der Waals surface area contributed by atoms with E-state index >= 15 is 0 Å². The number of rotatable bonds is 3. The number of halogens is 1. The van der Waals surface area contributed by atoms with Crippen molar-refractivity contribution in [3.05, 3.63) is 48.5 Å². The number of urea groups is 1. The van der Waals surface area contributed by atoms with Gasteiger partial charge in [-0.2, -0.15) is 4.99 Å². The number of nitrogens with zero attached hydrogens (tertiary/aromatic N) is 2. The lowest BCUT2D eigenvalue weighted by Crippen LogP contribution is -2.73. The van der Waals surface area contributed by atoms with Gasteiger partial charge in [-0.3, -0.25) is 9.69 Å². The Morgan fingerprint density at radius 2 is 1.84 bits per heavy atom. The number of amides is 3. The summed E-state index contributed by atoms with van der Waals surface area (Å²) in [4.78, 5) is 31.4. The van der Waals surface area contributed by atoms with E-state index in [2.05, 4.69) is 4.99 Å². The average molecular weight is 357 g/mol. The topological polar surface area (TPSA) is 63.8 Å². The summed E-state index contributed by atoms with van der Waals surface area (Å²) in [5.41, 5.74) is 1.80. The van der Waals surface area contributed by atoms with Gasteiger partial charge in [0.1, 0.15) is 11.4 Å². The molecule has 0 saturated carbocycles. The zero-order valence-electron chi connectivity index (χ0n) is 13.4. The van der Waals surface area contributed by atoms with Crippen LogP contribution in [0.5, 0.6) is 5.75 Å². The van der Waals surface area contributed by atoms with Crippen molar-refractivity contribution in [2.75, 3.05) is 16.4 Å². The fourth-order valence-corrected chi connectivity index (χ4v) is 3.38. The summed E-state index contributed by atoms with van der Waals surface area (Å²) in [6, 6.07) is 12.8. The molecule has 0 aromatic heterocycles. The molecule has 1 atom stereocenters. The minimum absolute atomic E-state index is 0.213. The van der Waals surface area contributed by atoms with Crippen molar-refractivity contribution in [3.63, 3.8) is 0 Å². The van der Waals surface area contributed by atoms with E-state index in [-0.39, 0.29) is 11.1 Å². The van der Waals surface area contributed by atoms with Crippen molar-refractivity contribution in [1.82, 2.24) is 0 Å². The molecule has 2 aromatic carbocycles. The van der Waals surface area contributed by atoms with Gasteiger partial charge in [-0.1, -0.05) is 12.1 Å². The largest absolute Gasteiger partial charge is 0.494 e. The number of hydrogen-bond donors (Lipinski definition) is 1. The molecule has 1 fully saturated rings. The molecule has 2 aromatic rings. The zero-order valence-corrected chi connectivity index (χ0v) is 14.2. The predicted molar refractivity (Wildman–Crippen MR) is 94.7 cm³/mol. The van der Waals surface area contributed by atoms with E-state index in [0.717, 1.165) is 4.90 Å². The summed E-state index contributed by atoms with van der Waals surface area (Å²) >= 11 is 6.27. The quantitative estimate of drug-likeness (QED) is 0.853. The monoisotopic (exact) mass is 356 g/mol. The molecular formula is C18H15ClN3O3+. The van der Waals surface area contributed by atoms with Crippen LogP contribution in [0.3, 0.4) is 0 Å². The van der Waals surface area contributed by atoms with E-state index in [0.29, 0.717) is 29.4 Å². The fourth-order valence-electron chi connectivity index (χ4n) is 3.09. The van der Waals surface area contributed by atoms with Gasteiger partial charge in [0.15, 0.2) is 0 Å². The van der Waals surface area contributed by atoms with Crippen LogP contribution >= 0.6 is 11.6 Å². The van der Waals surface area contributed by atoms with Gasteiger partial charge < -0.3 is 4.74 Å². The molecule has 7 heteroatoms. The summed E-state index contributed by atoms with van der Waals surface area (Å²) in [5, 5.41) is 0.213. The number of ether oxygens (including phenoxy) is 1. The Kier molecular flexibility index (Phi) is 3.69. The van der Waals surface area contributed by atoms with E-state index in [1.165, 1.54) is 4.90 Å². The molecule has 0 spiro atoms. The zero-order chi connectivity index (χ0) is 17.6.